The van der Waals surface area contributed by atoms with Gasteiger partial charge >= 0.3 is 0 Å². The van der Waals surface area contributed by atoms with Gasteiger partial charge in [-0.3, -0.25) is 9.78 Å². The van der Waals surface area contributed by atoms with E-state index in [-0.39, 0.29) is 5.91 Å². The second-order valence-corrected chi connectivity index (χ2v) is 6.62. The van der Waals surface area contributed by atoms with E-state index in [0.29, 0.717) is 18.2 Å². The molecule has 0 aliphatic carbocycles. The van der Waals surface area contributed by atoms with Crippen molar-refractivity contribution in [2.24, 2.45) is 0 Å². The summed E-state index contributed by atoms with van der Waals surface area (Å²) >= 11 is 0. The number of para-hydroxylation sites is 1. The topological polar surface area (TPSA) is 71.0 Å². The first kappa shape index (κ1) is 17.1. The van der Waals surface area contributed by atoms with Gasteiger partial charge in [-0.1, -0.05) is 18.2 Å². The van der Waals surface area contributed by atoms with Crippen LogP contribution in [0.3, 0.4) is 0 Å². The van der Waals surface area contributed by atoms with Gasteiger partial charge in [0, 0.05) is 36.9 Å². The minimum atomic E-state index is -0.205. The molecule has 136 valence electrons. The summed E-state index contributed by atoms with van der Waals surface area (Å²) in [5, 5.41) is 2.92. The van der Waals surface area contributed by atoms with Gasteiger partial charge in [0.1, 0.15) is 5.69 Å². The van der Waals surface area contributed by atoms with Crippen LogP contribution in [0.25, 0.3) is 0 Å². The highest BCUT2D eigenvalue weighted by Crippen LogP contribution is 2.31. The molecule has 0 unspecified atom stereocenters. The zero-order chi connectivity index (χ0) is 18.6. The number of aryl methyl sites for hydroxylation is 2. The molecule has 6 heteroatoms. The molecule has 1 aliphatic rings. The molecule has 1 amide bonds. The molecule has 1 aromatic carbocycles. The molecule has 0 fully saturated rings. The van der Waals surface area contributed by atoms with E-state index in [1.807, 2.05) is 25.1 Å². The summed E-state index contributed by atoms with van der Waals surface area (Å²) in [5.41, 5.74) is 4.57. The molecule has 2 aromatic heterocycles. The average molecular weight is 359 g/mol. The van der Waals surface area contributed by atoms with Crippen molar-refractivity contribution in [2.45, 2.75) is 26.3 Å². The van der Waals surface area contributed by atoms with Gasteiger partial charge in [-0.2, -0.15) is 0 Å². The highest BCUT2D eigenvalue weighted by atomic mass is 16.1. The van der Waals surface area contributed by atoms with Crippen molar-refractivity contribution in [3.05, 3.63) is 77.4 Å². The van der Waals surface area contributed by atoms with Gasteiger partial charge in [0.05, 0.1) is 0 Å². The summed E-state index contributed by atoms with van der Waals surface area (Å²) in [4.78, 5) is 27.8. The molecular weight excluding hydrogens is 338 g/mol. The predicted octanol–water partition coefficient (Wildman–Crippen LogP) is 3.19. The molecule has 0 radical (unpaired) electrons. The monoisotopic (exact) mass is 359 g/mol. The molecule has 4 rings (SSSR count). The van der Waals surface area contributed by atoms with Crippen LogP contribution in [0.15, 0.2) is 54.9 Å². The molecule has 0 spiro atoms. The number of rotatable bonds is 4. The number of fused-ring (bicyclic) bond motifs is 1. The van der Waals surface area contributed by atoms with Gasteiger partial charge in [0.2, 0.25) is 5.95 Å². The van der Waals surface area contributed by atoms with Gasteiger partial charge in [0.15, 0.2) is 0 Å². The first-order chi connectivity index (χ1) is 13.2. The molecule has 1 aliphatic heterocycles. The molecule has 0 atom stereocenters. The van der Waals surface area contributed by atoms with Crippen LogP contribution in [0.2, 0.25) is 0 Å². The smallest absolute Gasteiger partial charge is 0.270 e. The third-order valence-corrected chi connectivity index (χ3v) is 4.63. The highest BCUT2D eigenvalue weighted by Gasteiger charge is 2.21. The van der Waals surface area contributed by atoms with E-state index in [1.165, 1.54) is 5.56 Å². The van der Waals surface area contributed by atoms with E-state index in [4.69, 9.17) is 0 Å². The summed E-state index contributed by atoms with van der Waals surface area (Å²) in [7, 11) is 0. The third-order valence-electron chi connectivity index (χ3n) is 4.63. The minimum Gasteiger partial charge on any atom is -0.347 e. The molecule has 0 bridgehead atoms. The summed E-state index contributed by atoms with van der Waals surface area (Å²) in [6.07, 6.45) is 5.51. The number of benzene rings is 1. The van der Waals surface area contributed by atoms with Crippen molar-refractivity contribution < 1.29 is 4.79 Å². The lowest BCUT2D eigenvalue weighted by Gasteiger charge is -2.29. The van der Waals surface area contributed by atoms with Crippen LogP contribution < -0.4 is 10.2 Å². The lowest BCUT2D eigenvalue weighted by molar-refractivity contribution is 0.0945. The van der Waals surface area contributed by atoms with E-state index in [1.54, 1.807) is 18.5 Å². The lowest BCUT2D eigenvalue weighted by atomic mass is 10.0. The van der Waals surface area contributed by atoms with E-state index in [0.717, 1.165) is 36.3 Å². The van der Waals surface area contributed by atoms with Crippen LogP contribution in [0.4, 0.5) is 11.6 Å². The maximum atomic E-state index is 12.6. The van der Waals surface area contributed by atoms with Crippen LogP contribution in [-0.4, -0.2) is 27.4 Å². The molecule has 0 saturated heterocycles. The van der Waals surface area contributed by atoms with Crippen molar-refractivity contribution >= 4 is 17.5 Å². The number of carbonyl (C=O) groups excluding carboxylic acids is 1. The van der Waals surface area contributed by atoms with Crippen LogP contribution in [0, 0.1) is 6.92 Å². The van der Waals surface area contributed by atoms with Gasteiger partial charge < -0.3 is 10.2 Å². The van der Waals surface area contributed by atoms with E-state index in [2.05, 4.69) is 43.4 Å². The Kier molecular flexibility index (Phi) is 4.78. The molecule has 0 saturated carbocycles. The zero-order valence-corrected chi connectivity index (χ0v) is 15.2. The van der Waals surface area contributed by atoms with Crippen molar-refractivity contribution in [1.82, 2.24) is 20.3 Å². The standard InChI is InChI=1S/C21H21N5O/c1-15-13-18(20(27)23-14-16-8-10-22-11-9-16)25-21(24-15)26-12-4-6-17-5-2-3-7-19(17)26/h2-3,5,7-11,13H,4,6,12,14H2,1H3,(H,23,27). The fraction of sp³-hybridized carbons (Fsp3) is 0.238. The molecule has 3 aromatic rings. The Hall–Kier alpha value is -3.28. The first-order valence-electron chi connectivity index (χ1n) is 9.09. The Balaban J connectivity index is 1.58. The average Bonchev–Trinajstić information content (AvgIpc) is 2.72. The molecule has 27 heavy (non-hydrogen) atoms. The van der Waals surface area contributed by atoms with Gasteiger partial charge in [0.25, 0.3) is 5.91 Å². The van der Waals surface area contributed by atoms with Crippen molar-refractivity contribution in [2.75, 3.05) is 11.4 Å². The Morgan fingerprint density at radius 3 is 2.81 bits per heavy atom. The number of nitrogens with zero attached hydrogens (tertiary/aromatic N) is 4. The largest absolute Gasteiger partial charge is 0.347 e. The molecule has 1 N–H and O–H groups in total. The van der Waals surface area contributed by atoms with E-state index >= 15 is 0 Å². The highest BCUT2D eigenvalue weighted by molar-refractivity contribution is 5.92. The first-order valence-corrected chi connectivity index (χ1v) is 9.09. The fourth-order valence-electron chi connectivity index (χ4n) is 3.30. The Morgan fingerprint density at radius 2 is 1.96 bits per heavy atom. The van der Waals surface area contributed by atoms with Crippen molar-refractivity contribution in [3.8, 4) is 0 Å². The van der Waals surface area contributed by atoms with Crippen LogP contribution >= 0.6 is 0 Å². The van der Waals surface area contributed by atoms with E-state index < -0.39 is 0 Å². The zero-order valence-electron chi connectivity index (χ0n) is 15.2. The normalized spacial score (nSPS) is 13.1. The van der Waals surface area contributed by atoms with Crippen molar-refractivity contribution in [1.29, 1.82) is 0 Å². The molecule has 6 nitrogen and oxygen atoms in total. The second-order valence-electron chi connectivity index (χ2n) is 6.62. The predicted molar refractivity (Wildman–Crippen MR) is 104 cm³/mol. The fourth-order valence-corrected chi connectivity index (χ4v) is 3.30. The summed E-state index contributed by atoms with van der Waals surface area (Å²) in [5.74, 6) is 0.375. The molecule has 3 heterocycles. The summed E-state index contributed by atoms with van der Waals surface area (Å²) < 4.78 is 0. The van der Waals surface area contributed by atoms with Gasteiger partial charge in [-0.05, 0) is 55.2 Å². The van der Waals surface area contributed by atoms with Crippen molar-refractivity contribution in [3.63, 3.8) is 0 Å². The third kappa shape index (κ3) is 3.79. The quantitative estimate of drug-likeness (QED) is 0.775. The number of carbonyl (C=O) groups is 1. The van der Waals surface area contributed by atoms with Gasteiger partial charge in [-0.25, -0.2) is 9.97 Å². The van der Waals surface area contributed by atoms with Crippen LogP contribution in [-0.2, 0) is 13.0 Å². The summed E-state index contributed by atoms with van der Waals surface area (Å²) in [6.45, 7) is 3.17. The Labute approximate surface area is 158 Å². The number of nitrogens with one attached hydrogen (secondary N) is 1. The number of anilines is 2. The Bertz CT molecular complexity index is 958. The maximum Gasteiger partial charge on any atom is 0.270 e. The number of aromatic nitrogens is 3. The minimum absolute atomic E-state index is 0.205. The maximum absolute atomic E-state index is 12.6. The number of pyridine rings is 1. The SMILES string of the molecule is Cc1cc(C(=O)NCc2ccncc2)nc(N2CCCc3ccccc32)n1. The Morgan fingerprint density at radius 1 is 1.15 bits per heavy atom. The molecular formula is C21H21N5O. The van der Waals surface area contributed by atoms with Crippen LogP contribution in [0.1, 0.15) is 33.7 Å². The van der Waals surface area contributed by atoms with Crippen LogP contribution in [0.5, 0.6) is 0 Å². The second kappa shape index (κ2) is 7.53. The van der Waals surface area contributed by atoms with E-state index in [9.17, 15) is 4.79 Å². The summed E-state index contributed by atoms with van der Waals surface area (Å²) in [6, 6.07) is 13.8. The number of hydrogen-bond donors (Lipinski definition) is 1. The van der Waals surface area contributed by atoms with Gasteiger partial charge in [-0.15, -0.1) is 0 Å². The lowest BCUT2D eigenvalue weighted by Crippen LogP contribution is -2.29. The number of hydrogen-bond acceptors (Lipinski definition) is 5. The number of amides is 1.